The van der Waals surface area contributed by atoms with Crippen LogP contribution in [0.2, 0.25) is 5.54 Å². The van der Waals surface area contributed by atoms with E-state index < -0.39 is 16.2 Å². The van der Waals surface area contributed by atoms with Gasteiger partial charge in [-0.15, -0.1) is 0 Å². The number of aliphatic hydroxyl groups is 2. The van der Waals surface area contributed by atoms with E-state index in [2.05, 4.69) is 34.9 Å². The number of ether oxygens (including phenoxy) is 2. The predicted octanol–water partition coefficient (Wildman–Crippen LogP) is 5.78. The molecule has 0 aromatic heterocycles. The first-order valence-electron chi connectivity index (χ1n) is 15.2. The van der Waals surface area contributed by atoms with Crippen LogP contribution in [0.1, 0.15) is 117 Å². The molecule has 6 nitrogen and oxygen atoms in total. The summed E-state index contributed by atoms with van der Waals surface area (Å²) >= 11 is 0. The molecule has 0 saturated carbocycles. The van der Waals surface area contributed by atoms with Crippen LogP contribution in [0.3, 0.4) is 0 Å². The summed E-state index contributed by atoms with van der Waals surface area (Å²) in [6.45, 7) is 8.72. The second-order valence-corrected chi connectivity index (χ2v) is 13.6. The zero-order chi connectivity index (χ0) is 26.9. The summed E-state index contributed by atoms with van der Waals surface area (Å²) in [7, 11) is 3.81. The minimum atomic E-state index is -0.859. The van der Waals surface area contributed by atoms with E-state index in [1.54, 1.807) is 0 Å². The van der Waals surface area contributed by atoms with Crippen LogP contribution in [0.25, 0.3) is 0 Å². The fraction of sp³-hybridized carbons (Fsp3) is 1.00. The van der Waals surface area contributed by atoms with Gasteiger partial charge in [0.1, 0.15) is 0 Å². The Bertz CT molecular complexity index is 445. The maximum atomic E-state index is 9.07. The Morgan fingerprint density at radius 3 is 1.61 bits per heavy atom. The van der Waals surface area contributed by atoms with Gasteiger partial charge in [-0.1, -0.05) is 111 Å². The van der Waals surface area contributed by atoms with Crippen LogP contribution in [-0.4, -0.2) is 84.5 Å². The summed E-state index contributed by atoms with van der Waals surface area (Å²) in [6.07, 6.45) is 20.4. The van der Waals surface area contributed by atoms with Gasteiger partial charge in [0, 0.05) is 5.92 Å². The highest BCUT2D eigenvalue weighted by atomic mass is 28.2. The van der Waals surface area contributed by atoms with Gasteiger partial charge in [-0.05, 0) is 12.0 Å². The van der Waals surface area contributed by atoms with Crippen LogP contribution >= 0.6 is 0 Å². The molecule has 7 heteroatoms. The molecule has 0 aliphatic heterocycles. The molecule has 0 aromatic carbocycles. The molecular formula is C29H64NO5Si+. The van der Waals surface area contributed by atoms with Crippen LogP contribution in [0.5, 0.6) is 0 Å². The summed E-state index contributed by atoms with van der Waals surface area (Å²) in [6, 6.07) is 0. The highest BCUT2D eigenvalue weighted by molar-refractivity contribution is 6.29. The molecular weight excluding hydrogens is 470 g/mol. The van der Waals surface area contributed by atoms with Gasteiger partial charge in [0.15, 0.2) is 9.76 Å². The SMILES string of the molecule is CCCCCCCCCCCCCCCC(CC[N+](C)(C)CC(C)C)[SiH2]OC(OCCO)OCCO. The maximum Gasteiger partial charge on any atom is 0.261 e. The molecule has 0 fully saturated rings. The van der Waals surface area contributed by atoms with E-state index >= 15 is 0 Å². The van der Waals surface area contributed by atoms with Crippen molar-refractivity contribution in [3.63, 3.8) is 0 Å². The maximum absolute atomic E-state index is 9.07. The molecule has 2 N–H and O–H groups in total. The number of unbranched alkanes of at least 4 members (excludes halogenated alkanes) is 12. The molecule has 0 aliphatic rings. The fourth-order valence-corrected chi connectivity index (χ4v) is 6.46. The van der Waals surface area contributed by atoms with Crippen molar-refractivity contribution < 1.29 is 28.6 Å². The molecule has 0 aromatic rings. The number of rotatable bonds is 28. The highest BCUT2D eigenvalue weighted by Crippen LogP contribution is 2.23. The van der Waals surface area contributed by atoms with Crippen LogP contribution in [-0.2, 0) is 13.9 Å². The Hall–Kier alpha value is -0.0231. The largest absolute Gasteiger partial charge is 0.394 e. The zero-order valence-electron chi connectivity index (χ0n) is 24.9. The Balaban J connectivity index is 4.30. The molecule has 0 saturated heterocycles. The highest BCUT2D eigenvalue weighted by Gasteiger charge is 2.22. The number of hydrogen-bond donors (Lipinski definition) is 2. The van der Waals surface area contributed by atoms with Crippen molar-refractivity contribution in [1.29, 1.82) is 0 Å². The first kappa shape index (κ1) is 36.0. The molecule has 0 radical (unpaired) electrons. The molecule has 0 heterocycles. The summed E-state index contributed by atoms with van der Waals surface area (Å²) in [5.41, 5.74) is 0.597. The minimum Gasteiger partial charge on any atom is -0.394 e. The third-order valence-corrected chi connectivity index (χ3v) is 8.63. The smallest absolute Gasteiger partial charge is 0.261 e. The van der Waals surface area contributed by atoms with E-state index in [1.165, 1.54) is 103 Å². The molecule has 0 rings (SSSR count). The molecule has 0 bridgehead atoms. The van der Waals surface area contributed by atoms with Gasteiger partial charge in [-0.3, -0.25) is 0 Å². The number of quaternary nitrogens is 1. The van der Waals surface area contributed by atoms with E-state index in [-0.39, 0.29) is 26.4 Å². The second kappa shape index (κ2) is 25.3. The van der Waals surface area contributed by atoms with Gasteiger partial charge in [0.25, 0.3) is 6.48 Å². The number of aliphatic hydroxyl groups excluding tert-OH is 2. The number of hydrogen-bond acceptors (Lipinski definition) is 5. The van der Waals surface area contributed by atoms with E-state index in [4.69, 9.17) is 24.1 Å². The Labute approximate surface area is 227 Å². The molecule has 0 amide bonds. The predicted molar refractivity (Wildman–Crippen MR) is 155 cm³/mol. The van der Waals surface area contributed by atoms with Crippen molar-refractivity contribution >= 4 is 9.76 Å². The lowest BCUT2D eigenvalue weighted by atomic mass is 10.0. The van der Waals surface area contributed by atoms with Crippen LogP contribution < -0.4 is 0 Å². The lowest BCUT2D eigenvalue weighted by Gasteiger charge is -2.33. The summed E-state index contributed by atoms with van der Waals surface area (Å²) < 4.78 is 18.1. The lowest BCUT2D eigenvalue weighted by Crippen LogP contribution is -2.43. The molecule has 218 valence electrons. The molecule has 0 spiro atoms. The molecule has 1 unspecified atom stereocenters. The van der Waals surface area contributed by atoms with Crippen molar-refractivity contribution in [3.8, 4) is 0 Å². The van der Waals surface area contributed by atoms with Crippen molar-refractivity contribution in [2.24, 2.45) is 5.92 Å². The number of nitrogens with zero attached hydrogens (tertiary/aromatic N) is 1. The van der Waals surface area contributed by atoms with E-state index in [1.807, 2.05) is 0 Å². The van der Waals surface area contributed by atoms with Gasteiger partial charge in [0.2, 0.25) is 0 Å². The van der Waals surface area contributed by atoms with E-state index in [9.17, 15) is 0 Å². The average Bonchev–Trinajstić information content (AvgIpc) is 2.83. The summed E-state index contributed by atoms with van der Waals surface area (Å²) in [5.74, 6) is 0.691. The Morgan fingerprint density at radius 1 is 0.694 bits per heavy atom. The van der Waals surface area contributed by atoms with E-state index in [0.29, 0.717) is 11.5 Å². The Morgan fingerprint density at radius 2 is 1.17 bits per heavy atom. The lowest BCUT2D eigenvalue weighted by molar-refractivity contribution is -0.893. The fourth-order valence-electron chi connectivity index (χ4n) is 5.03. The summed E-state index contributed by atoms with van der Waals surface area (Å²) in [5, 5.41) is 18.1. The first-order chi connectivity index (χ1) is 17.3. The normalized spacial score (nSPS) is 13.6. The average molecular weight is 535 g/mol. The van der Waals surface area contributed by atoms with Crippen molar-refractivity contribution in [2.75, 3.05) is 53.6 Å². The molecule has 1 atom stereocenters. The van der Waals surface area contributed by atoms with Gasteiger partial charge >= 0.3 is 0 Å². The van der Waals surface area contributed by atoms with Crippen molar-refractivity contribution in [3.05, 3.63) is 0 Å². The summed E-state index contributed by atoms with van der Waals surface area (Å²) in [4.78, 5) is 0. The third kappa shape index (κ3) is 24.3. The standard InChI is InChI=1S/C29H64NO5Si/c1-6-7-8-9-10-11-12-13-14-15-16-17-18-19-28(20-21-30(4,5)26-27(2)3)36-35-29(33-24-22-31)34-25-23-32/h27-29,31-32H,6-26,36H2,1-5H3/q+1. The van der Waals surface area contributed by atoms with Crippen molar-refractivity contribution in [1.82, 2.24) is 0 Å². The van der Waals surface area contributed by atoms with Crippen LogP contribution in [0.4, 0.5) is 0 Å². The van der Waals surface area contributed by atoms with Crippen LogP contribution in [0, 0.1) is 5.92 Å². The van der Waals surface area contributed by atoms with Crippen LogP contribution in [0.15, 0.2) is 0 Å². The topological polar surface area (TPSA) is 68.2 Å². The second-order valence-electron chi connectivity index (χ2n) is 11.7. The first-order valence-corrected chi connectivity index (χ1v) is 16.6. The quantitative estimate of drug-likeness (QED) is 0.0576. The minimum absolute atomic E-state index is 0.0623. The monoisotopic (exact) mass is 534 g/mol. The van der Waals surface area contributed by atoms with Gasteiger partial charge in [0.05, 0.1) is 53.6 Å². The van der Waals surface area contributed by atoms with Gasteiger partial charge in [-0.25, -0.2) is 0 Å². The van der Waals surface area contributed by atoms with Gasteiger partial charge < -0.3 is 28.6 Å². The third-order valence-electron chi connectivity index (χ3n) is 6.88. The van der Waals surface area contributed by atoms with Crippen molar-refractivity contribution in [2.45, 2.75) is 129 Å². The molecule has 0 aliphatic carbocycles. The van der Waals surface area contributed by atoms with Gasteiger partial charge in [-0.2, -0.15) is 0 Å². The molecule has 36 heavy (non-hydrogen) atoms. The zero-order valence-corrected chi connectivity index (χ0v) is 26.3. The Kier molecular flexibility index (Phi) is 25.2. The van der Waals surface area contributed by atoms with E-state index in [0.717, 1.165) is 11.0 Å².